The Morgan fingerprint density at radius 3 is 2.56 bits per heavy atom. The molecule has 102 valence electrons. The third-order valence-electron chi connectivity index (χ3n) is 3.21. The lowest BCUT2D eigenvalue weighted by Crippen LogP contribution is -2.31. The minimum atomic E-state index is 0.171. The maximum Gasteiger partial charge on any atom is 0.0449 e. The van der Waals surface area contributed by atoms with Gasteiger partial charge in [0.05, 0.1) is 0 Å². The molecule has 0 saturated heterocycles. The van der Waals surface area contributed by atoms with Crippen LogP contribution >= 0.6 is 27.5 Å². The lowest BCUT2D eigenvalue weighted by Gasteiger charge is -2.20. The highest BCUT2D eigenvalue weighted by atomic mass is 79.9. The van der Waals surface area contributed by atoms with Gasteiger partial charge in [-0.3, -0.25) is 0 Å². The standard InChI is InChI=1S/C14H22BrClN2/c1-3-18(4-2)8-7-13(17)9-11-5-6-12(15)10-14(11)16/h5-6,10,13H,3-4,7-9,17H2,1-2H3. The molecular formula is C14H22BrClN2. The van der Waals surface area contributed by atoms with E-state index in [4.69, 9.17) is 17.3 Å². The lowest BCUT2D eigenvalue weighted by atomic mass is 10.0. The average molecular weight is 334 g/mol. The molecule has 1 unspecified atom stereocenters. The zero-order valence-corrected chi connectivity index (χ0v) is 13.5. The van der Waals surface area contributed by atoms with Crippen LogP contribution in [0.1, 0.15) is 25.8 Å². The molecule has 2 nitrogen and oxygen atoms in total. The molecule has 0 aliphatic rings. The van der Waals surface area contributed by atoms with E-state index in [9.17, 15) is 0 Å². The minimum Gasteiger partial charge on any atom is -0.327 e. The summed E-state index contributed by atoms with van der Waals surface area (Å²) in [7, 11) is 0. The van der Waals surface area contributed by atoms with Gasteiger partial charge in [-0.25, -0.2) is 0 Å². The fourth-order valence-corrected chi connectivity index (χ4v) is 2.71. The molecule has 1 aromatic carbocycles. The third kappa shape index (κ3) is 5.27. The lowest BCUT2D eigenvalue weighted by molar-refractivity contribution is 0.290. The van der Waals surface area contributed by atoms with Crippen molar-refractivity contribution in [1.29, 1.82) is 0 Å². The van der Waals surface area contributed by atoms with Gasteiger partial charge in [0.25, 0.3) is 0 Å². The van der Waals surface area contributed by atoms with E-state index in [1.54, 1.807) is 0 Å². The van der Waals surface area contributed by atoms with Gasteiger partial charge in [-0.2, -0.15) is 0 Å². The summed E-state index contributed by atoms with van der Waals surface area (Å²) in [5.41, 5.74) is 7.30. The zero-order valence-electron chi connectivity index (χ0n) is 11.1. The van der Waals surface area contributed by atoms with Crippen molar-refractivity contribution in [2.45, 2.75) is 32.7 Å². The maximum absolute atomic E-state index is 6.19. The predicted molar refractivity (Wildman–Crippen MR) is 83.2 cm³/mol. The summed E-state index contributed by atoms with van der Waals surface area (Å²) in [6, 6.07) is 6.15. The Bertz CT molecular complexity index is 367. The van der Waals surface area contributed by atoms with Crippen LogP contribution in [-0.2, 0) is 6.42 Å². The number of benzene rings is 1. The van der Waals surface area contributed by atoms with Gasteiger partial charge in [0.2, 0.25) is 0 Å². The third-order valence-corrected chi connectivity index (χ3v) is 4.05. The summed E-state index contributed by atoms with van der Waals surface area (Å²) >= 11 is 9.60. The van der Waals surface area contributed by atoms with Crippen molar-refractivity contribution in [3.05, 3.63) is 33.3 Å². The van der Waals surface area contributed by atoms with Gasteiger partial charge >= 0.3 is 0 Å². The molecular weight excluding hydrogens is 312 g/mol. The summed E-state index contributed by atoms with van der Waals surface area (Å²) in [5.74, 6) is 0. The Balaban J connectivity index is 2.46. The van der Waals surface area contributed by atoms with Crippen LogP contribution in [-0.4, -0.2) is 30.6 Å². The normalized spacial score (nSPS) is 13.0. The summed E-state index contributed by atoms with van der Waals surface area (Å²) in [6.07, 6.45) is 1.85. The molecule has 0 aliphatic heterocycles. The number of hydrogen-bond acceptors (Lipinski definition) is 2. The monoisotopic (exact) mass is 332 g/mol. The molecule has 0 amide bonds. The van der Waals surface area contributed by atoms with Gasteiger partial charge in [0.1, 0.15) is 0 Å². The highest BCUT2D eigenvalue weighted by Gasteiger charge is 2.09. The van der Waals surface area contributed by atoms with Crippen molar-refractivity contribution in [3.8, 4) is 0 Å². The Kier molecular flexibility index (Phi) is 7.23. The Hall–Kier alpha value is -0.0900. The quantitative estimate of drug-likeness (QED) is 0.824. The van der Waals surface area contributed by atoms with Crippen molar-refractivity contribution in [3.63, 3.8) is 0 Å². The topological polar surface area (TPSA) is 29.3 Å². The Morgan fingerprint density at radius 1 is 1.33 bits per heavy atom. The first-order valence-corrected chi connectivity index (χ1v) is 7.65. The number of nitrogens with zero attached hydrogens (tertiary/aromatic N) is 1. The summed E-state index contributed by atoms with van der Waals surface area (Å²) in [4.78, 5) is 2.39. The molecule has 0 aliphatic carbocycles. The molecule has 0 heterocycles. The van der Waals surface area contributed by atoms with E-state index in [-0.39, 0.29) is 6.04 Å². The van der Waals surface area contributed by atoms with E-state index >= 15 is 0 Å². The number of hydrogen-bond donors (Lipinski definition) is 1. The Labute approximate surface area is 124 Å². The van der Waals surface area contributed by atoms with E-state index in [2.05, 4.69) is 34.7 Å². The first-order valence-electron chi connectivity index (χ1n) is 6.48. The number of nitrogens with two attached hydrogens (primary N) is 1. The van der Waals surface area contributed by atoms with Crippen LogP contribution in [0.15, 0.2) is 22.7 Å². The molecule has 4 heteroatoms. The van der Waals surface area contributed by atoms with E-state index in [0.29, 0.717) is 0 Å². The second kappa shape index (κ2) is 8.16. The van der Waals surface area contributed by atoms with E-state index in [0.717, 1.165) is 47.5 Å². The van der Waals surface area contributed by atoms with Crippen molar-refractivity contribution >= 4 is 27.5 Å². The van der Waals surface area contributed by atoms with E-state index < -0.39 is 0 Å². The molecule has 18 heavy (non-hydrogen) atoms. The highest BCUT2D eigenvalue weighted by Crippen LogP contribution is 2.22. The van der Waals surface area contributed by atoms with Crippen LogP contribution in [0.3, 0.4) is 0 Å². The smallest absolute Gasteiger partial charge is 0.0449 e. The second-order valence-corrected chi connectivity index (χ2v) is 5.84. The molecule has 0 radical (unpaired) electrons. The van der Waals surface area contributed by atoms with Gasteiger partial charge in [-0.15, -0.1) is 0 Å². The van der Waals surface area contributed by atoms with Crippen LogP contribution in [0.2, 0.25) is 5.02 Å². The van der Waals surface area contributed by atoms with Gasteiger partial charge < -0.3 is 10.6 Å². The van der Waals surface area contributed by atoms with Gasteiger partial charge in [-0.05, 0) is 50.2 Å². The zero-order chi connectivity index (χ0) is 13.5. The largest absolute Gasteiger partial charge is 0.327 e. The first kappa shape index (κ1) is 16.0. The number of rotatable bonds is 7. The average Bonchev–Trinajstić information content (AvgIpc) is 2.34. The molecule has 0 bridgehead atoms. The number of halogens is 2. The molecule has 0 spiro atoms. The molecule has 1 aromatic rings. The Morgan fingerprint density at radius 2 is 2.00 bits per heavy atom. The van der Waals surface area contributed by atoms with E-state index in [1.165, 1.54) is 0 Å². The fourth-order valence-electron chi connectivity index (χ4n) is 1.96. The fraction of sp³-hybridized carbons (Fsp3) is 0.571. The van der Waals surface area contributed by atoms with Crippen LogP contribution in [0.5, 0.6) is 0 Å². The summed E-state index contributed by atoms with van der Waals surface area (Å²) in [6.45, 7) is 7.59. The van der Waals surface area contributed by atoms with Crippen molar-refractivity contribution < 1.29 is 0 Å². The molecule has 0 saturated carbocycles. The van der Waals surface area contributed by atoms with Gasteiger partial charge in [-0.1, -0.05) is 47.4 Å². The molecule has 0 fully saturated rings. The van der Waals surface area contributed by atoms with Crippen molar-refractivity contribution in [2.75, 3.05) is 19.6 Å². The van der Waals surface area contributed by atoms with Crippen LogP contribution < -0.4 is 5.73 Å². The predicted octanol–water partition coefficient (Wildman–Crippen LogP) is 3.70. The van der Waals surface area contributed by atoms with Gasteiger partial charge in [0.15, 0.2) is 0 Å². The maximum atomic E-state index is 6.19. The molecule has 2 N–H and O–H groups in total. The second-order valence-electron chi connectivity index (χ2n) is 4.52. The SMILES string of the molecule is CCN(CC)CCC(N)Cc1ccc(Br)cc1Cl. The molecule has 0 aromatic heterocycles. The van der Waals surface area contributed by atoms with Crippen molar-refractivity contribution in [2.24, 2.45) is 5.73 Å². The van der Waals surface area contributed by atoms with Crippen LogP contribution in [0.4, 0.5) is 0 Å². The van der Waals surface area contributed by atoms with E-state index in [1.807, 2.05) is 18.2 Å². The summed E-state index contributed by atoms with van der Waals surface area (Å²) < 4.78 is 1.01. The minimum absolute atomic E-state index is 0.171. The molecule has 1 atom stereocenters. The van der Waals surface area contributed by atoms with Gasteiger partial charge in [0, 0.05) is 15.5 Å². The molecule has 1 rings (SSSR count). The highest BCUT2D eigenvalue weighted by molar-refractivity contribution is 9.10. The van der Waals surface area contributed by atoms with Crippen LogP contribution in [0, 0.1) is 0 Å². The first-order chi connectivity index (χ1) is 8.56. The summed E-state index contributed by atoms with van der Waals surface area (Å²) in [5, 5.41) is 0.794. The van der Waals surface area contributed by atoms with Crippen LogP contribution in [0.25, 0.3) is 0 Å². The van der Waals surface area contributed by atoms with Crippen molar-refractivity contribution in [1.82, 2.24) is 4.90 Å².